The van der Waals surface area contributed by atoms with E-state index < -0.39 is 0 Å². The van der Waals surface area contributed by atoms with Crippen molar-refractivity contribution in [3.05, 3.63) is 53.0 Å². The molecule has 0 amide bonds. The molecule has 4 rings (SSSR count). The van der Waals surface area contributed by atoms with Crippen LogP contribution in [0.5, 0.6) is 5.75 Å². The molecular formula is C22H25BrN6O2. The molecule has 4 aromatic rings. The zero-order chi connectivity index (χ0) is 21.8. The Hall–Kier alpha value is -2.75. The molecule has 1 atom stereocenters. The number of fused-ring (bicyclic) bond motifs is 2. The van der Waals surface area contributed by atoms with Crippen LogP contribution in [0.3, 0.4) is 0 Å². The minimum Gasteiger partial charge on any atom is -0.493 e. The van der Waals surface area contributed by atoms with E-state index in [2.05, 4.69) is 49.1 Å². The van der Waals surface area contributed by atoms with Gasteiger partial charge in [0.2, 0.25) is 0 Å². The maximum atomic E-state index is 6.19. The third-order valence-corrected chi connectivity index (χ3v) is 5.66. The summed E-state index contributed by atoms with van der Waals surface area (Å²) in [5.41, 5.74) is 14.3. The lowest BCUT2D eigenvalue weighted by Crippen LogP contribution is -2.25. The number of nitrogen functional groups attached to an aromatic ring is 1. The van der Waals surface area contributed by atoms with Crippen LogP contribution in [-0.4, -0.2) is 45.9 Å². The quantitative estimate of drug-likeness (QED) is 0.349. The highest BCUT2D eigenvalue weighted by Gasteiger charge is 2.14. The van der Waals surface area contributed by atoms with E-state index in [9.17, 15) is 0 Å². The summed E-state index contributed by atoms with van der Waals surface area (Å²) in [5, 5.41) is 2.23. The van der Waals surface area contributed by atoms with Gasteiger partial charge in [-0.15, -0.1) is 0 Å². The third-order valence-electron chi connectivity index (χ3n) is 5.17. The van der Waals surface area contributed by atoms with E-state index in [1.165, 1.54) is 6.33 Å². The zero-order valence-corrected chi connectivity index (χ0v) is 18.9. The normalized spacial score (nSPS) is 12.5. The van der Waals surface area contributed by atoms with Crippen LogP contribution in [0.25, 0.3) is 21.9 Å². The molecule has 2 heterocycles. The highest BCUT2D eigenvalue weighted by atomic mass is 79.9. The van der Waals surface area contributed by atoms with E-state index in [0.29, 0.717) is 36.7 Å². The molecule has 0 spiro atoms. The molecular weight excluding hydrogens is 460 g/mol. The van der Waals surface area contributed by atoms with Crippen LogP contribution in [0, 0.1) is 0 Å². The van der Waals surface area contributed by atoms with Crippen molar-refractivity contribution in [1.82, 2.24) is 19.5 Å². The second kappa shape index (κ2) is 9.59. The van der Waals surface area contributed by atoms with E-state index in [4.69, 9.17) is 20.9 Å². The molecule has 162 valence electrons. The van der Waals surface area contributed by atoms with Gasteiger partial charge in [-0.1, -0.05) is 28.1 Å². The highest BCUT2D eigenvalue weighted by molar-refractivity contribution is 9.10. The summed E-state index contributed by atoms with van der Waals surface area (Å²) < 4.78 is 14.3. The molecule has 0 bridgehead atoms. The number of hydrogen-bond donors (Lipinski definition) is 2. The number of methoxy groups -OCH3 is 1. The Morgan fingerprint density at radius 3 is 2.87 bits per heavy atom. The van der Waals surface area contributed by atoms with Crippen molar-refractivity contribution in [2.75, 3.05) is 26.1 Å². The van der Waals surface area contributed by atoms with Gasteiger partial charge in [-0.25, -0.2) is 15.0 Å². The minimum atomic E-state index is 0.0180. The number of aromatic nitrogens is 4. The first-order chi connectivity index (χ1) is 15.1. The Kier molecular flexibility index (Phi) is 6.64. The van der Waals surface area contributed by atoms with Crippen LogP contribution in [0.2, 0.25) is 0 Å². The summed E-state index contributed by atoms with van der Waals surface area (Å²) >= 11 is 3.55. The number of rotatable bonds is 9. The average molecular weight is 485 g/mol. The fourth-order valence-corrected chi connectivity index (χ4v) is 4.03. The molecule has 0 aliphatic rings. The molecule has 0 saturated carbocycles. The van der Waals surface area contributed by atoms with Crippen molar-refractivity contribution >= 4 is 43.7 Å². The molecule has 8 nitrogen and oxygen atoms in total. The standard InChI is InChI=1S/C22H25BrN6O2/c1-30-11-16(24)3-2-8-31-19-7-4-14-9-15(23)5-6-17(14)18(19)10-29-13-28-20-21(25)26-12-27-22(20)29/h4-7,9,12-13,16H,2-3,8,10-11,24H2,1H3,(H2,25,26,27). The van der Waals surface area contributed by atoms with Crippen LogP contribution in [0.4, 0.5) is 5.82 Å². The number of imidazole rings is 1. The summed E-state index contributed by atoms with van der Waals surface area (Å²) in [5.74, 6) is 1.20. The lowest BCUT2D eigenvalue weighted by Gasteiger charge is -2.16. The topological polar surface area (TPSA) is 114 Å². The Balaban J connectivity index is 1.64. The molecule has 31 heavy (non-hydrogen) atoms. The molecule has 9 heteroatoms. The first kappa shape index (κ1) is 21.5. The summed E-state index contributed by atoms with van der Waals surface area (Å²) in [4.78, 5) is 12.8. The Morgan fingerprint density at radius 1 is 1.16 bits per heavy atom. The molecule has 0 aliphatic carbocycles. The summed E-state index contributed by atoms with van der Waals surface area (Å²) in [6.45, 7) is 1.67. The lowest BCUT2D eigenvalue weighted by atomic mass is 10.0. The average Bonchev–Trinajstić information content (AvgIpc) is 3.16. The van der Waals surface area contributed by atoms with Crippen molar-refractivity contribution in [1.29, 1.82) is 0 Å². The maximum absolute atomic E-state index is 6.19. The molecule has 2 aromatic heterocycles. The molecule has 1 unspecified atom stereocenters. The monoisotopic (exact) mass is 484 g/mol. The molecule has 0 aliphatic heterocycles. The summed E-state index contributed by atoms with van der Waals surface area (Å²) in [6.07, 6.45) is 4.88. The first-order valence-corrected chi connectivity index (χ1v) is 10.9. The van der Waals surface area contributed by atoms with Gasteiger partial charge in [0.05, 0.1) is 26.1 Å². The lowest BCUT2D eigenvalue weighted by molar-refractivity contribution is 0.172. The molecule has 0 fully saturated rings. The van der Waals surface area contributed by atoms with Crippen molar-refractivity contribution in [3.63, 3.8) is 0 Å². The van der Waals surface area contributed by atoms with E-state index in [0.717, 1.165) is 39.4 Å². The number of anilines is 1. The van der Waals surface area contributed by atoms with Gasteiger partial charge in [0.25, 0.3) is 0 Å². The van der Waals surface area contributed by atoms with E-state index in [-0.39, 0.29) is 6.04 Å². The fraction of sp³-hybridized carbons (Fsp3) is 0.318. The fourth-order valence-electron chi connectivity index (χ4n) is 3.65. The molecule has 4 N–H and O–H groups in total. The predicted octanol–water partition coefficient (Wildman–Crippen LogP) is 3.51. The Labute approximate surface area is 188 Å². The number of ether oxygens (including phenoxy) is 2. The van der Waals surface area contributed by atoms with Gasteiger partial charge in [0, 0.05) is 23.2 Å². The molecule has 2 aromatic carbocycles. The van der Waals surface area contributed by atoms with Crippen LogP contribution in [0.1, 0.15) is 18.4 Å². The van der Waals surface area contributed by atoms with Crippen molar-refractivity contribution in [3.8, 4) is 5.75 Å². The van der Waals surface area contributed by atoms with Crippen molar-refractivity contribution in [2.24, 2.45) is 5.73 Å². The Bertz CT molecular complexity index is 1200. The van der Waals surface area contributed by atoms with Gasteiger partial charge in [0.15, 0.2) is 11.5 Å². The summed E-state index contributed by atoms with van der Waals surface area (Å²) in [6, 6.07) is 10.3. The number of halogens is 1. The second-order valence-electron chi connectivity index (χ2n) is 7.42. The Morgan fingerprint density at radius 2 is 2.03 bits per heavy atom. The molecule has 0 radical (unpaired) electrons. The SMILES string of the molecule is COCC(N)CCCOc1ccc2cc(Br)ccc2c1Cn1cnc2c(N)ncnc21. The van der Waals surface area contributed by atoms with Gasteiger partial charge >= 0.3 is 0 Å². The van der Waals surface area contributed by atoms with E-state index >= 15 is 0 Å². The van der Waals surface area contributed by atoms with Gasteiger partial charge in [-0.05, 0) is 41.8 Å². The predicted molar refractivity (Wildman–Crippen MR) is 125 cm³/mol. The van der Waals surface area contributed by atoms with Crippen LogP contribution < -0.4 is 16.2 Å². The van der Waals surface area contributed by atoms with Crippen molar-refractivity contribution < 1.29 is 9.47 Å². The van der Waals surface area contributed by atoms with Crippen LogP contribution in [-0.2, 0) is 11.3 Å². The smallest absolute Gasteiger partial charge is 0.165 e. The highest BCUT2D eigenvalue weighted by Crippen LogP contribution is 2.32. The van der Waals surface area contributed by atoms with Gasteiger partial charge in [-0.2, -0.15) is 0 Å². The molecule has 0 saturated heterocycles. The third kappa shape index (κ3) is 4.79. The largest absolute Gasteiger partial charge is 0.493 e. The summed E-state index contributed by atoms with van der Waals surface area (Å²) in [7, 11) is 1.66. The van der Waals surface area contributed by atoms with Crippen LogP contribution in [0.15, 0.2) is 47.5 Å². The number of benzene rings is 2. The van der Waals surface area contributed by atoms with Gasteiger partial charge in [0.1, 0.15) is 17.6 Å². The maximum Gasteiger partial charge on any atom is 0.165 e. The van der Waals surface area contributed by atoms with Crippen molar-refractivity contribution in [2.45, 2.75) is 25.4 Å². The van der Waals surface area contributed by atoms with Crippen LogP contribution >= 0.6 is 15.9 Å². The van der Waals surface area contributed by atoms with Gasteiger partial charge < -0.3 is 25.5 Å². The second-order valence-corrected chi connectivity index (χ2v) is 8.33. The minimum absolute atomic E-state index is 0.0180. The first-order valence-electron chi connectivity index (χ1n) is 10.1. The van der Waals surface area contributed by atoms with E-state index in [1.54, 1.807) is 13.4 Å². The number of nitrogens with zero attached hydrogens (tertiary/aromatic N) is 4. The zero-order valence-electron chi connectivity index (χ0n) is 17.3. The number of hydrogen-bond acceptors (Lipinski definition) is 7. The number of nitrogens with two attached hydrogens (primary N) is 2. The van der Waals surface area contributed by atoms with Gasteiger partial charge in [-0.3, -0.25) is 0 Å². The van der Waals surface area contributed by atoms with E-state index in [1.807, 2.05) is 16.7 Å².